The van der Waals surface area contributed by atoms with Gasteiger partial charge >= 0.3 is 0 Å². The number of phenols is 1. The summed E-state index contributed by atoms with van der Waals surface area (Å²) in [7, 11) is 0. The molecule has 25 heavy (non-hydrogen) atoms. The standard InChI is InChI=1S/C20H20N2O3/c1-11-6-8-16-14-4-3-5-15(14)20(21-19(16)12(11)2)17-10-13(22(24)25)7-9-18(17)23/h3-4,6-10,14-15,20-21,23H,5H2,1-2H3. The van der Waals surface area contributed by atoms with Gasteiger partial charge in [0.05, 0.1) is 11.0 Å². The number of fused-ring (bicyclic) bond motifs is 3. The van der Waals surface area contributed by atoms with Crippen LogP contribution in [0.4, 0.5) is 11.4 Å². The molecule has 2 N–H and O–H groups in total. The summed E-state index contributed by atoms with van der Waals surface area (Å²) in [5.41, 5.74) is 5.34. The van der Waals surface area contributed by atoms with Crippen LogP contribution in [0.3, 0.4) is 0 Å². The predicted octanol–water partition coefficient (Wildman–Crippen LogP) is 4.74. The first kappa shape index (κ1) is 15.7. The average Bonchev–Trinajstić information content (AvgIpc) is 3.07. The molecule has 0 radical (unpaired) electrons. The molecular weight excluding hydrogens is 316 g/mol. The van der Waals surface area contributed by atoms with E-state index in [-0.39, 0.29) is 29.3 Å². The molecule has 5 heteroatoms. The zero-order chi connectivity index (χ0) is 17.7. The van der Waals surface area contributed by atoms with Crippen molar-refractivity contribution in [2.75, 3.05) is 5.32 Å². The smallest absolute Gasteiger partial charge is 0.270 e. The molecule has 0 spiro atoms. The number of nitrogens with one attached hydrogen (secondary N) is 1. The maximum atomic E-state index is 11.2. The molecule has 1 heterocycles. The summed E-state index contributed by atoms with van der Waals surface area (Å²) in [6.45, 7) is 4.16. The van der Waals surface area contributed by atoms with E-state index in [1.54, 1.807) is 0 Å². The number of phenolic OH excluding ortho intramolecular Hbond substituents is 1. The highest BCUT2D eigenvalue weighted by Gasteiger charge is 2.39. The largest absolute Gasteiger partial charge is 0.508 e. The summed E-state index contributed by atoms with van der Waals surface area (Å²) in [4.78, 5) is 10.7. The van der Waals surface area contributed by atoms with Gasteiger partial charge in [-0.15, -0.1) is 0 Å². The maximum Gasteiger partial charge on any atom is 0.270 e. The van der Waals surface area contributed by atoms with Crippen molar-refractivity contribution < 1.29 is 10.0 Å². The molecule has 2 aliphatic rings. The molecule has 2 aromatic rings. The highest BCUT2D eigenvalue weighted by Crippen LogP contribution is 2.52. The number of nitro benzene ring substituents is 1. The van der Waals surface area contributed by atoms with Crippen molar-refractivity contribution in [3.8, 4) is 5.75 Å². The third kappa shape index (κ3) is 2.38. The monoisotopic (exact) mass is 336 g/mol. The van der Waals surface area contributed by atoms with Gasteiger partial charge in [-0.1, -0.05) is 24.3 Å². The van der Waals surface area contributed by atoms with Crippen LogP contribution >= 0.6 is 0 Å². The lowest BCUT2D eigenvalue weighted by molar-refractivity contribution is -0.385. The van der Waals surface area contributed by atoms with Crippen molar-refractivity contribution in [1.29, 1.82) is 0 Å². The number of benzene rings is 2. The number of allylic oxidation sites excluding steroid dienone is 2. The van der Waals surface area contributed by atoms with Gasteiger partial charge in [0, 0.05) is 29.3 Å². The summed E-state index contributed by atoms with van der Waals surface area (Å²) in [6.07, 6.45) is 5.28. The number of nitro groups is 1. The number of non-ortho nitro benzene ring substituents is 1. The van der Waals surface area contributed by atoms with Gasteiger partial charge in [-0.25, -0.2) is 0 Å². The second-order valence-electron chi connectivity index (χ2n) is 6.95. The van der Waals surface area contributed by atoms with E-state index >= 15 is 0 Å². The normalized spacial score (nSPS) is 23.7. The minimum Gasteiger partial charge on any atom is -0.508 e. The fourth-order valence-electron chi connectivity index (χ4n) is 4.13. The number of aryl methyl sites for hydroxylation is 1. The van der Waals surface area contributed by atoms with Gasteiger partial charge in [-0.05, 0) is 48.9 Å². The number of aromatic hydroxyl groups is 1. The third-order valence-electron chi connectivity index (χ3n) is 5.63. The van der Waals surface area contributed by atoms with Gasteiger partial charge in [-0.2, -0.15) is 0 Å². The molecule has 3 atom stereocenters. The van der Waals surface area contributed by atoms with E-state index in [2.05, 4.69) is 43.4 Å². The van der Waals surface area contributed by atoms with E-state index < -0.39 is 4.92 Å². The molecule has 0 saturated carbocycles. The third-order valence-corrected chi connectivity index (χ3v) is 5.63. The minimum absolute atomic E-state index is 0.00358. The highest BCUT2D eigenvalue weighted by atomic mass is 16.6. The molecule has 0 bridgehead atoms. The molecule has 4 rings (SSSR count). The maximum absolute atomic E-state index is 11.2. The van der Waals surface area contributed by atoms with Gasteiger partial charge in [0.2, 0.25) is 0 Å². The lowest BCUT2D eigenvalue weighted by atomic mass is 9.75. The van der Waals surface area contributed by atoms with E-state index in [4.69, 9.17) is 0 Å². The van der Waals surface area contributed by atoms with Crippen LogP contribution in [-0.4, -0.2) is 10.0 Å². The van der Waals surface area contributed by atoms with Gasteiger partial charge in [0.1, 0.15) is 5.75 Å². The van der Waals surface area contributed by atoms with Crippen molar-refractivity contribution >= 4 is 11.4 Å². The number of nitrogens with zero attached hydrogens (tertiary/aromatic N) is 1. The molecule has 3 unspecified atom stereocenters. The summed E-state index contributed by atoms with van der Waals surface area (Å²) in [6, 6.07) is 8.41. The van der Waals surface area contributed by atoms with Crippen molar-refractivity contribution in [3.05, 3.63) is 74.9 Å². The van der Waals surface area contributed by atoms with E-state index in [9.17, 15) is 15.2 Å². The molecule has 0 aromatic heterocycles. The van der Waals surface area contributed by atoms with E-state index in [0.717, 1.165) is 12.1 Å². The Morgan fingerprint density at radius 1 is 1.20 bits per heavy atom. The van der Waals surface area contributed by atoms with Gasteiger partial charge in [-0.3, -0.25) is 10.1 Å². The highest BCUT2D eigenvalue weighted by molar-refractivity contribution is 5.66. The topological polar surface area (TPSA) is 75.4 Å². The van der Waals surface area contributed by atoms with Crippen LogP contribution in [0, 0.1) is 29.9 Å². The predicted molar refractivity (Wildman–Crippen MR) is 97.0 cm³/mol. The Kier molecular flexibility index (Phi) is 3.53. The Morgan fingerprint density at radius 3 is 2.76 bits per heavy atom. The number of hydrogen-bond acceptors (Lipinski definition) is 4. The van der Waals surface area contributed by atoms with Crippen LogP contribution in [0.5, 0.6) is 5.75 Å². The van der Waals surface area contributed by atoms with Crippen molar-refractivity contribution in [1.82, 2.24) is 0 Å². The SMILES string of the molecule is Cc1ccc2c(c1C)NC(c1cc([N+](=O)[O-])ccc1O)C1CC=CC21. The average molecular weight is 336 g/mol. The second-order valence-corrected chi connectivity index (χ2v) is 6.95. The zero-order valence-electron chi connectivity index (χ0n) is 14.2. The van der Waals surface area contributed by atoms with Crippen molar-refractivity contribution in [3.63, 3.8) is 0 Å². The van der Waals surface area contributed by atoms with Crippen LogP contribution in [0.1, 0.15) is 40.6 Å². The minimum atomic E-state index is -0.417. The zero-order valence-corrected chi connectivity index (χ0v) is 14.2. The van der Waals surface area contributed by atoms with E-state index in [0.29, 0.717) is 5.56 Å². The summed E-state index contributed by atoms with van der Waals surface area (Å²) in [5, 5.41) is 25.1. The van der Waals surface area contributed by atoms with Gasteiger partial charge in [0.15, 0.2) is 0 Å². The summed E-state index contributed by atoms with van der Waals surface area (Å²) in [5.74, 6) is 0.601. The molecule has 0 amide bonds. The van der Waals surface area contributed by atoms with Crippen LogP contribution in [0.15, 0.2) is 42.5 Å². The lowest BCUT2D eigenvalue weighted by Gasteiger charge is -2.38. The van der Waals surface area contributed by atoms with Gasteiger partial charge in [0.25, 0.3) is 5.69 Å². The van der Waals surface area contributed by atoms with Crippen molar-refractivity contribution in [2.45, 2.75) is 32.2 Å². The fourth-order valence-corrected chi connectivity index (χ4v) is 4.13. The Hall–Kier alpha value is -2.82. The molecule has 2 aromatic carbocycles. The van der Waals surface area contributed by atoms with Crippen LogP contribution < -0.4 is 5.32 Å². The number of anilines is 1. The molecule has 5 nitrogen and oxygen atoms in total. The first-order chi connectivity index (χ1) is 12.0. The first-order valence-electron chi connectivity index (χ1n) is 8.48. The van der Waals surface area contributed by atoms with Crippen molar-refractivity contribution in [2.24, 2.45) is 5.92 Å². The molecule has 1 aliphatic carbocycles. The number of hydrogen-bond donors (Lipinski definition) is 2. The van der Waals surface area contributed by atoms with Crippen LogP contribution in [0.2, 0.25) is 0 Å². The van der Waals surface area contributed by atoms with Gasteiger partial charge < -0.3 is 10.4 Å². The quantitative estimate of drug-likeness (QED) is 0.472. The second kappa shape index (κ2) is 5.62. The summed E-state index contributed by atoms with van der Waals surface area (Å²) < 4.78 is 0. The Morgan fingerprint density at radius 2 is 2.00 bits per heavy atom. The summed E-state index contributed by atoms with van der Waals surface area (Å²) >= 11 is 0. The van der Waals surface area contributed by atoms with E-state index in [1.165, 1.54) is 34.9 Å². The van der Waals surface area contributed by atoms with E-state index in [1.807, 2.05) is 0 Å². The molecule has 0 saturated heterocycles. The van der Waals surface area contributed by atoms with Crippen LogP contribution in [0.25, 0.3) is 0 Å². The first-order valence-corrected chi connectivity index (χ1v) is 8.48. The molecular formula is C20H20N2O3. The lowest BCUT2D eigenvalue weighted by Crippen LogP contribution is -2.29. The van der Waals surface area contributed by atoms with Crippen LogP contribution in [-0.2, 0) is 0 Å². The molecule has 128 valence electrons. The molecule has 1 aliphatic heterocycles. The Balaban J connectivity index is 1.86. The Bertz CT molecular complexity index is 904. The number of rotatable bonds is 2. The fraction of sp³-hybridized carbons (Fsp3) is 0.300. The Labute approximate surface area is 146 Å². The molecule has 0 fully saturated rings.